The molecule has 0 radical (unpaired) electrons. The van der Waals surface area contributed by atoms with Crippen LogP contribution in [0.25, 0.3) is 0 Å². The van der Waals surface area contributed by atoms with E-state index >= 15 is 0 Å². The van der Waals surface area contributed by atoms with Gasteiger partial charge in [0.2, 0.25) is 5.91 Å². The maximum absolute atomic E-state index is 12.6. The highest BCUT2D eigenvalue weighted by Gasteiger charge is 2.30. The van der Waals surface area contributed by atoms with E-state index in [4.69, 9.17) is 0 Å². The maximum Gasteiger partial charge on any atom is 0.225 e. The lowest BCUT2D eigenvalue weighted by molar-refractivity contribution is -0.137. The van der Waals surface area contributed by atoms with Gasteiger partial charge in [0.05, 0.1) is 5.69 Å². The van der Waals surface area contributed by atoms with E-state index in [0.717, 1.165) is 56.4 Å². The number of carbonyl (C=O) groups is 1. The predicted molar refractivity (Wildman–Crippen MR) is 85.8 cm³/mol. The summed E-state index contributed by atoms with van der Waals surface area (Å²) in [5, 5.41) is 6.59. The third-order valence-corrected chi connectivity index (χ3v) is 5.46. The summed E-state index contributed by atoms with van der Waals surface area (Å²) < 4.78 is 0. The van der Waals surface area contributed by atoms with E-state index in [9.17, 15) is 4.79 Å². The Bertz CT molecular complexity index is 496. The summed E-state index contributed by atoms with van der Waals surface area (Å²) in [4.78, 5) is 21.5. The van der Waals surface area contributed by atoms with Crippen molar-refractivity contribution in [1.29, 1.82) is 0 Å². The molecule has 0 unspecified atom stereocenters. The smallest absolute Gasteiger partial charge is 0.225 e. The number of carbonyl (C=O) groups excluding carboxylic acids is 1. The Morgan fingerprint density at radius 1 is 1.38 bits per heavy atom. The molecule has 3 heterocycles. The van der Waals surface area contributed by atoms with Crippen LogP contribution in [0.3, 0.4) is 0 Å². The fourth-order valence-corrected chi connectivity index (χ4v) is 4.08. The van der Waals surface area contributed by atoms with Crippen LogP contribution in [-0.4, -0.2) is 54.6 Å². The first-order valence-electron chi connectivity index (χ1n) is 7.82. The highest BCUT2D eigenvalue weighted by atomic mass is 32.1. The minimum atomic E-state index is 0.218. The largest absolute Gasteiger partial charge is 0.345 e. The molecule has 1 N–H and O–H groups in total. The van der Waals surface area contributed by atoms with Gasteiger partial charge in [0.1, 0.15) is 0 Å². The van der Waals surface area contributed by atoms with Crippen LogP contribution in [0.15, 0.2) is 5.38 Å². The lowest BCUT2D eigenvalue weighted by atomic mass is 9.92. The molecule has 1 amide bonds. The first kappa shape index (κ1) is 14.8. The van der Waals surface area contributed by atoms with E-state index < -0.39 is 0 Å². The van der Waals surface area contributed by atoms with E-state index in [1.165, 1.54) is 0 Å². The third kappa shape index (κ3) is 3.37. The van der Waals surface area contributed by atoms with E-state index in [2.05, 4.69) is 32.4 Å². The number of hydrogen-bond donors (Lipinski definition) is 1. The molecule has 2 aliphatic rings. The van der Waals surface area contributed by atoms with Gasteiger partial charge in [-0.1, -0.05) is 0 Å². The molecule has 21 heavy (non-hydrogen) atoms. The number of anilines is 1. The Balaban J connectivity index is 1.54. The molecule has 116 valence electrons. The molecule has 0 spiro atoms. The molecule has 0 aromatic carbocycles. The number of piperidine rings is 1. The summed E-state index contributed by atoms with van der Waals surface area (Å²) in [6, 6.07) is 0.465. The Morgan fingerprint density at radius 3 is 2.76 bits per heavy atom. The van der Waals surface area contributed by atoms with Gasteiger partial charge in [-0.15, -0.1) is 11.3 Å². The zero-order chi connectivity index (χ0) is 14.8. The van der Waals surface area contributed by atoms with Crippen LogP contribution in [0.4, 0.5) is 5.13 Å². The van der Waals surface area contributed by atoms with Gasteiger partial charge in [0.15, 0.2) is 5.13 Å². The molecule has 0 saturated carbocycles. The van der Waals surface area contributed by atoms with Gasteiger partial charge >= 0.3 is 0 Å². The Hall–Kier alpha value is -1.14. The first-order valence-corrected chi connectivity index (χ1v) is 8.70. The third-order valence-electron chi connectivity index (χ3n) is 4.44. The van der Waals surface area contributed by atoms with E-state index in [0.29, 0.717) is 11.9 Å². The van der Waals surface area contributed by atoms with Crippen LogP contribution in [-0.2, 0) is 4.79 Å². The van der Waals surface area contributed by atoms with Crippen molar-refractivity contribution in [2.75, 3.05) is 37.6 Å². The van der Waals surface area contributed by atoms with Crippen molar-refractivity contribution in [2.45, 2.75) is 32.7 Å². The van der Waals surface area contributed by atoms with Crippen molar-refractivity contribution in [1.82, 2.24) is 15.2 Å². The fourth-order valence-electron chi connectivity index (χ4n) is 3.22. The molecule has 3 rings (SSSR count). The lowest BCUT2D eigenvalue weighted by Crippen LogP contribution is -2.52. The number of nitrogens with one attached hydrogen (secondary N) is 1. The van der Waals surface area contributed by atoms with E-state index in [1.807, 2.05) is 6.92 Å². The highest BCUT2D eigenvalue weighted by Crippen LogP contribution is 2.23. The van der Waals surface area contributed by atoms with Crippen molar-refractivity contribution in [3.8, 4) is 0 Å². The second kappa shape index (κ2) is 6.32. The van der Waals surface area contributed by atoms with Gasteiger partial charge in [0, 0.05) is 43.5 Å². The van der Waals surface area contributed by atoms with Crippen LogP contribution in [0.2, 0.25) is 0 Å². The second-order valence-electron chi connectivity index (χ2n) is 6.16. The first-order chi connectivity index (χ1) is 10.1. The molecule has 6 heteroatoms. The molecule has 2 atom stereocenters. The Morgan fingerprint density at radius 2 is 2.14 bits per heavy atom. The Kier molecular flexibility index (Phi) is 4.45. The molecular weight excluding hydrogens is 284 g/mol. The van der Waals surface area contributed by atoms with Crippen LogP contribution < -0.4 is 10.2 Å². The normalized spacial score (nSPS) is 27.0. The number of thiazole rings is 1. The fraction of sp³-hybridized carbons (Fsp3) is 0.733. The number of rotatable bonds is 2. The van der Waals surface area contributed by atoms with Crippen LogP contribution >= 0.6 is 11.3 Å². The molecule has 0 aliphatic carbocycles. The van der Waals surface area contributed by atoms with Gasteiger partial charge in [-0.05, 0) is 33.2 Å². The van der Waals surface area contributed by atoms with Crippen molar-refractivity contribution < 1.29 is 4.79 Å². The van der Waals surface area contributed by atoms with Crippen molar-refractivity contribution in [2.24, 2.45) is 5.92 Å². The summed E-state index contributed by atoms with van der Waals surface area (Å²) in [5.74, 6) is 0.577. The number of aryl methyl sites for hydroxylation is 1. The van der Waals surface area contributed by atoms with Crippen molar-refractivity contribution in [3.63, 3.8) is 0 Å². The molecule has 5 nitrogen and oxygen atoms in total. The van der Waals surface area contributed by atoms with Gasteiger partial charge in [-0.25, -0.2) is 4.98 Å². The van der Waals surface area contributed by atoms with Crippen molar-refractivity contribution in [3.05, 3.63) is 11.1 Å². The quantitative estimate of drug-likeness (QED) is 0.899. The monoisotopic (exact) mass is 308 g/mol. The van der Waals surface area contributed by atoms with Crippen LogP contribution in [0, 0.1) is 12.8 Å². The summed E-state index contributed by atoms with van der Waals surface area (Å²) in [5.41, 5.74) is 1.08. The molecule has 1 aromatic rings. The summed E-state index contributed by atoms with van der Waals surface area (Å²) in [6.45, 7) is 8.63. The minimum Gasteiger partial charge on any atom is -0.345 e. The molecular formula is C15H24N4OS. The number of aromatic nitrogens is 1. The maximum atomic E-state index is 12.6. The van der Waals surface area contributed by atoms with Gasteiger partial charge in [0.25, 0.3) is 0 Å². The van der Waals surface area contributed by atoms with Crippen molar-refractivity contribution >= 4 is 22.4 Å². The molecule has 2 aliphatic heterocycles. The number of amides is 1. The lowest BCUT2D eigenvalue weighted by Gasteiger charge is -2.38. The van der Waals surface area contributed by atoms with Gasteiger partial charge < -0.3 is 15.1 Å². The summed E-state index contributed by atoms with van der Waals surface area (Å²) >= 11 is 1.70. The summed E-state index contributed by atoms with van der Waals surface area (Å²) in [6.07, 6.45) is 1.96. The highest BCUT2D eigenvalue weighted by molar-refractivity contribution is 7.13. The number of hydrogen-bond acceptors (Lipinski definition) is 5. The van der Waals surface area contributed by atoms with Crippen LogP contribution in [0.5, 0.6) is 0 Å². The predicted octanol–water partition coefficient (Wildman–Crippen LogP) is 1.49. The Labute approximate surface area is 130 Å². The average molecular weight is 308 g/mol. The molecule has 2 saturated heterocycles. The zero-order valence-electron chi connectivity index (χ0n) is 12.8. The minimum absolute atomic E-state index is 0.218. The average Bonchev–Trinajstić information content (AvgIpc) is 2.93. The van der Waals surface area contributed by atoms with Gasteiger partial charge in [-0.2, -0.15) is 0 Å². The molecule has 1 aromatic heterocycles. The SMILES string of the molecule is Cc1csc(N2CCN(C(=O)[C@H]3CCN[C@@H](C)C3)CC2)n1. The molecule has 2 fully saturated rings. The second-order valence-corrected chi connectivity index (χ2v) is 7.00. The topological polar surface area (TPSA) is 48.5 Å². The molecule has 0 bridgehead atoms. The van der Waals surface area contributed by atoms with Crippen LogP contribution in [0.1, 0.15) is 25.5 Å². The zero-order valence-corrected chi connectivity index (χ0v) is 13.7. The van der Waals surface area contributed by atoms with E-state index in [1.54, 1.807) is 11.3 Å². The number of nitrogens with zero attached hydrogens (tertiary/aromatic N) is 3. The summed E-state index contributed by atoms with van der Waals surface area (Å²) in [7, 11) is 0. The van der Waals surface area contributed by atoms with Gasteiger partial charge in [-0.3, -0.25) is 4.79 Å². The van der Waals surface area contributed by atoms with E-state index in [-0.39, 0.29) is 5.92 Å². The standard InChI is InChI=1S/C15H24N4OS/c1-11-9-13(3-4-16-11)14(20)18-5-7-19(8-6-18)15-17-12(2)10-21-15/h10-11,13,16H,3-9H2,1-2H3/t11-,13-/m0/s1. The number of piperazine rings is 1.